The highest BCUT2D eigenvalue weighted by Gasteiger charge is 2.41. The summed E-state index contributed by atoms with van der Waals surface area (Å²) < 4.78 is 138. The monoisotopic (exact) mass is 1960 g/mol. The summed E-state index contributed by atoms with van der Waals surface area (Å²) in [6, 6.07) is 42.0. The number of aliphatic carboxylic acids is 1. The number of ketones is 2. The number of pyridine rings is 3. The fourth-order valence-electron chi connectivity index (χ4n) is 15.4. The number of carbonyl (C=O) groups is 14. The molecule has 740 valence electrons. The van der Waals surface area contributed by atoms with Crippen LogP contribution in [0.15, 0.2) is 194 Å². The van der Waals surface area contributed by atoms with Gasteiger partial charge in [-0.2, -0.15) is 39.5 Å². The van der Waals surface area contributed by atoms with Gasteiger partial charge in [0.15, 0.2) is 28.6 Å². The van der Waals surface area contributed by atoms with E-state index in [4.69, 9.17) is 40.2 Å². The lowest BCUT2D eigenvalue weighted by molar-refractivity contribution is -0.142. The van der Waals surface area contributed by atoms with Crippen LogP contribution in [0.4, 0.5) is 44.3 Å². The zero-order valence-corrected chi connectivity index (χ0v) is 76.2. The Balaban J connectivity index is 0.000000183. The summed E-state index contributed by atoms with van der Waals surface area (Å²) in [7, 11) is 5.29. The molecule has 0 fully saturated rings. The zero-order valence-electron chi connectivity index (χ0n) is 76.2. The number of hydrogen-bond acceptors (Lipinski definition) is 24. The Morgan fingerprint density at radius 3 is 1.03 bits per heavy atom. The van der Waals surface area contributed by atoms with Crippen LogP contribution in [-0.4, -0.2) is 169 Å². The van der Waals surface area contributed by atoms with E-state index in [9.17, 15) is 107 Å². The number of carbonyl (C=O) groups excluding carboxylic acids is 9. The Morgan fingerprint density at radius 1 is 0.369 bits per heavy atom. The van der Waals surface area contributed by atoms with E-state index >= 15 is 0 Å². The first-order chi connectivity index (χ1) is 66.6. The number of rotatable bonds is 16. The number of carboxylic acids is 5. The number of benzene rings is 7. The second kappa shape index (κ2) is 48.1. The fourth-order valence-corrected chi connectivity index (χ4v) is 15.4. The summed E-state index contributed by atoms with van der Waals surface area (Å²) in [5, 5.41) is 63.2. The number of alkyl carbamates (subject to hydrolysis) is 1. The van der Waals surface area contributed by atoms with Gasteiger partial charge in [-0.1, -0.05) is 53.7 Å². The van der Waals surface area contributed by atoms with E-state index in [2.05, 4.69) is 50.3 Å². The maximum absolute atomic E-state index is 13.0. The molecule has 3 aromatic heterocycles. The number of methoxy groups -OCH3 is 4. The number of nitrogens with one attached hydrogen (secondary N) is 3. The molecule has 0 aliphatic heterocycles. The Morgan fingerprint density at radius 2 is 0.681 bits per heavy atom. The van der Waals surface area contributed by atoms with Crippen LogP contribution in [0.3, 0.4) is 0 Å². The smallest absolute Gasteiger partial charge is 0.434 e. The molecule has 41 heteroatoms. The number of esters is 4. The Labute approximate surface area is 797 Å². The summed E-state index contributed by atoms with van der Waals surface area (Å²) in [6.45, 7) is 5.47. The minimum absolute atomic E-state index is 0.0538. The lowest BCUT2D eigenvalue weighted by Crippen LogP contribution is -2.34. The number of aryl methyl sites for hydroxylation is 7. The molecule has 0 radical (unpaired) electrons. The number of amides is 3. The number of halogens is 9. The summed E-state index contributed by atoms with van der Waals surface area (Å²) in [5.74, 6) is -8.79. The van der Waals surface area contributed by atoms with Crippen molar-refractivity contribution >= 4 is 88.9 Å². The molecule has 3 heterocycles. The average Bonchev–Trinajstić information content (AvgIpc) is 1.72. The van der Waals surface area contributed by atoms with Crippen molar-refractivity contribution in [2.45, 2.75) is 153 Å². The molecule has 9 N–H and O–H groups in total. The SMILES string of the molecule is COC(=O)c1ccc2c(c1)/C(=N/O)CC2.COC(=O)c1ccc2c(c1)C(=O)CC2.COC(=O)c1ccc2c(c1)C(NC(=O)OC(C)(C)C)CC2.COC(=O)c1ccc2c(c1)C(NC(=O)c1cccnc1C(F)(F)F)CC2.O=C(O)CCc1ccc(C(=O)O)cc1.O=C(O)c1ccc2c(c1)C(=O)CC2.O=C(O)c1ccc2c(c1)C(NC(=O)c1cccnc1C(F)(F)F)CC2.O=C(O)c1cccnc1C(F)(F)F. The summed E-state index contributed by atoms with van der Waals surface area (Å²) >= 11 is 0. The minimum Gasteiger partial charge on any atom is -0.481 e. The number of carboxylic acid groups (broad SMARTS) is 5. The van der Waals surface area contributed by atoms with Crippen LogP contribution in [-0.2, 0) is 92.0 Å². The molecule has 141 heavy (non-hydrogen) atoms. The number of oxime groups is 1. The molecule has 6 aliphatic carbocycles. The zero-order chi connectivity index (χ0) is 104. The molecule has 6 aliphatic rings. The van der Waals surface area contributed by atoms with Gasteiger partial charge < -0.3 is 70.4 Å². The van der Waals surface area contributed by atoms with Gasteiger partial charge in [0.05, 0.1) is 108 Å². The van der Waals surface area contributed by atoms with Crippen molar-refractivity contribution in [3.63, 3.8) is 0 Å². The quantitative estimate of drug-likeness (QED) is 0.0143. The predicted octanol–water partition coefficient (Wildman–Crippen LogP) is 17.4. The van der Waals surface area contributed by atoms with Gasteiger partial charge in [-0.05, 0) is 268 Å². The number of nitrogens with zero attached hydrogens (tertiary/aromatic N) is 4. The van der Waals surface area contributed by atoms with E-state index in [0.29, 0.717) is 95.2 Å². The lowest BCUT2D eigenvalue weighted by Gasteiger charge is -2.22. The standard InChI is InChI=1S/C18H15F3N2O3.C17H13F3N2O3.C16H21NO4.C11H11NO3.C11H10O3.C10H10O4.C10H8O3.C7H4F3NO2/c1-26-17(25)11-5-4-10-6-7-14(13(10)9-11)23-16(24)12-3-2-8-22-15(12)18(19,20)21;18-17(19,20)14-11(2-1-7-21-14)15(23)22-13-6-5-9-3-4-10(16(24)25)8-12(9)13;1-16(2,3)21-15(19)17-13-8-7-10-5-6-11(9-12(10)13)14(18)20-4;1-15-11(13)8-3-2-7-4-5-10(12-14)9(7)6-8;1-14-11(13)8-3-2-7-4-5-10(12)9(7)6-8;11-9(12)6-3-7-1-4-8(5-2-7)10(13)14;11-9-4-3-6-1-2-7(10(12)13)5-8(6)9;8-7(9,10)5-4(6(12)13)2-1-3-11-5/h2-5,8-9,14H,6-7H2,1H3,(H,23,24);1-4,7-8,13H,5-6H2,(H,22,23)(H,24,25);5-6,9,13H,7-8H2,1-4H3,(H,17,19);2-3,6,14H,4-5H2,1H3;2-3,6H,4-5H2,1H3;1-2,4-5H,3,6H2,(H,11,12)(H,13,14);1-2,5H,3-4H2,(H,12,13);1-3H,(H,12,13)/b;;;12-10+;;;;. The molecule has 16 rings (SSSR count). The molecule has 0 saturated heterocycles. The predicted molar refractivity (Wildman–Crippen MR) is 481 cm³/mol. The second-order valence-electron chi connectivity index (χ2n) is 32.6. The molecule has 32 nitrogen and oxygen atoms in total. The van der Waals surface area contributed by atoms with Gasteiger partial charge in [0.25, 0.3) is 11.8 Å². The van der Waals surface area contributed by atoms with Gasteiger partial charge in [0, 0.05) is 54.5 Å². The van der Waals surface area contributed by atoms with Gasteiger partial charge in [-0.15, -0.1) is 0 Å². The van der Waals surface area contributed by atoms with Crippen LogP contribution in [0.5, 0.6) is 0 Å². The van der Waals surface area contributed by atoms with Gasteiger partial charge in [0.1, 0.15) is 5.60 Å². The van der Waals surface area contributed by atoms with Crippen molar-refractivity contribution in [1.29, 1.82) is 0 Å². The summed E-state index contributed by atoms with van der Waals surface area (Å²) in [6.07, 6.45) is -3.13. The molecule has 0 spiro atoms. The molecule has 3 unspecified atom stereocenters. The van der Waals surface area contributed by atoms with Crippen molar-refractivity contribution in [2.24, 2.45) is 5.16 Å². The van der Waals surface area contributed by atoms with Crippen molar-refractivity contribution in [1.82, 2.24) is 30.9 Å². The van der Waals surface area contributed by atoms with E-state index in [1.165, 1.54) is 70.9 Å². The first-order valence-corrected chi connectivity index (χ1v) is 42.9. The molecule has 3 amide bonds. The third-order valence-electron chi connectivity index (χ3n) is 22.2. The molecule has 0 bridgehead atoms. The Hall–Kier alpha value is -16.4. The van der Waals surface area contributed by atoms with Gasteiger partial charge in [0.2, 0.25) is 0 Å². The number of ether oxygens (including phenoxy) is 5. The highest BCUT2D eigenvalue weighted by molar-refractivity contribution is 6.07. The lowest BCUT2D eigenvalue weighted by atomic mass is 10.0. The molecular weight excluding hydrogens is 1870 g/mol. The maximum Gasteiger partial charge on any atom is 0.434 e. The first-order valence-electron chi connectivity index (χ1n) is 42.9. The Bertz CT molecular complexity index is 6450. The van der Waals surface area contributed by atoms with Crippen LogP contribution in [0, 0.1) is 0 Å². The number of Topliss-reactive ketones (excluding diaryl/α,β-unsaturated/α-hetero) is 2. The van der Waals surface area contributed by atoms with Crippen molar-refractivity contribution < 1.29 is 161 Å². The van der Waals surface area contributed by atoms with Gasteiger partial charge >= 0.3 is 78.3 Å². The van der Waals surface area contributed by atoms with E-state index in [-0.39, 0.29) is 52.7 Å². The molecule has 7 aromatic carbocycles. The van der Waals surface area contributed by atoms with Crippen LogP contribution >= 0.6 is 0 Å². The third kappa shape index (κ3) is 29.6. The second-order valence-corrected chi connectivity index (χ2v) is 32.6. The highest BCUT2D eigenvalue weighted by Crippen LogP contribution is 2.39. The van der Waals surface area contributed by atoms with Crippen LogP contribution in [0.25, 0.3) is 0 Å². The van der Waals surface area contributed by atoms with Gasteiger partial charge in [-0.3, -0.25) is 38.9 Å². The average molecular weight is 1960 g/mol. The number of fused-ring (bicyclic) bond motifs is 6. The van der Waals surface area contributed by atoms with Crippen molar-refractivity contribution in [3.8, 4) is 0 Å². The molecule has 10 aromatic rings. The first kappa shape index (κ1) is 108. The van der Waals surface area contributed by atoms with Gasteiger partial charge in [-0.25, -0.2) is 43.2 Å². The van der Waals surface area contributed by atoms with Crippen LogP contribution in [0.1, 0.15) is 286 Å². The summed E-state index contributed by atoms with van der Waals surface area (Å²) in [5.41, 5.74) is 7.83. The Kier molecular flexibility index (Phi) is 36.9. The fraction of sp³-hybridized carbons (Fsp3) is 0.280. The molecular formula is C100H92F9N7O25. The third-order valence-corrected chi connectivity index (χ3v) is 22.2. The van der Waals surface area contributed by atoms with E-state index in [1.807, 2.05) is 39.0 Å². The molecule has 0 saturated carbocycles. The number of aromatic carboxylic acids is 4. The van der Waals surface area contributed by atoms with E-state index in [0.717, 1.165) is 131 Å². The van der Waals surface area contributed by atoms with Crippen LogP contribution < -0.4 is 16.0 Å². The number of hydrogen-bond donors (Lipinski definition) is 9. The van der Waals surface area contributed by atoms with Crippen molar-refractivity contribution in [3.05, 3.63) is 333 Å². The van der Waals surface area contributed by atoms with Crippen LogP contribution in [0.2, 0.25) is 0 Å². The maximum atomic E-state index is 13.0. The van der Waals surface area contributed by atoms with E-state index < -0.39 is 130 Å². The highest BCUT2D eigenvalue weighted by atomic mass is 19.4. The minimum atomic E-state index is -4.74. The number of aromatic nitrogens is 3. The normalized spacial score (nSPS) is 14.9. The van der Waals surface area contributed by atoms with Crippen molar-refractivity contribution in [2.75, 3.05) is 28.4 Å². The number of alkyl halides is 9. The summed E-state index contributed by atoms with van der Waals surface area (Å²) in [4.78, 5) is 167. The molecule has 3 atom stereocenters. The largest absolute Gasteiger partial charge is 0.481 e. The topological polar surface area (TPSA) is 494 Å². The van der Waals surface area contributed by atoms with E-state index in [1.54, 1.807) is 84.9 Å².